The Hall–Kier alpha value is -0.770. The fourth-order valence-corrected chi connectivity index (χ4v) is 1.94. The van der Waals surface area contributed by atoms with Crippen LogP contribution >= 0.6 is 0 Å². The number of carbonyl (C=O) groups excluding carboxylic acids is 1. The lowest BCUT2D eigenvalue weighted by atomic mass is 10.1. The van der Waals surface area contributed by atoms with Gasteiger partial charge in [-0.25, -0.2) is 4.79 Å². The van der Waals surface area contributed by atoms with E-state index < -0.39 is 5.60 Å². The highest BCUT2D eigenvalue weighted by atomic mass is 16.6. The van der Waals surface area contributed by atoms with E-state index in [1.807, 2.05) is 20.8 Å². The van der Waals surface area contributed by atoms with Gasteiger partial charge in [0, 0.05) is 12.6 Å². The van der Waals surface area contributed by atoms with Crippen molar-refractivity contribution in [1.29, 1.82) is 0 Å². The van der Waals surface area contributed by atoms with E-state index in [0.717, 1.165) is 13.1 Å². The van der Waals surface area contributed by atoms with Gasteiger partial charge in [-0.2, -0.15) is 0 Å². The van der Waals surface area contributed by atoms with Gasteiger partial charge in [-0.15, -0.1) is 0 Å². The fraction of sp³-hybridized carbons (Fsp3) is 0.933. The summed E-state index contributed by atoms with van der Waals surface area (Å²) in [5, 5.41) is 6.44. The van der Waals surface area contributed by atoms with E-state index in [4.69, 9.17) is 4.74 Å². The molecule has 112 valence electrons. The lowest BCUT2D eigenvalue weighted by molar-refractivity contribution is 0.0497. The van der Waals surface area contributed by atoms with Crippen LogP contribution in [0.3, 0.4) is 0 Å². The number of hydrogen-bond acceptors (Lipinski definition) is 3. The Morgan fingerprint density at radius 1 is 1.32 bits per heavy atom. The Bertz CT molecular complexity index is 280. The van der Waals surface area contributed by atoms with Crippen LogP contribution in [-0.4, -0.2) is 30.8 Å². The molecule has 0 heterocycles. The molecule has 0 aliphatic heterocycles. The van der Waals surface area contributed by atoms with E-state index >= 15 is 0 Å². The van der Waals surface area contributed by atoms with Crippen molar-refractivity contribution in [2.24, 2.45) is 11.8 Å². The highest BCUT2D eigenvalue weighted by Gasteiger charge is 2.33. The Morgan fingerprint density at radius 2 is 1.95 bits per heavy atom. The van der Waals surface area contributed by atoms with Crippen LogP contribution in [0.1, 0.15) is 53.9 Å². The minimum atomic E-state index is -0.427. The molecule has 4 heteroatoms. The summed E-state index contributed by atoms with van der Waals surface area (Å²) in [5.74, 6) is 1.34. The maximum atomic E-state index is 11.8. The number of ether oxygens (including phenoxy) is 1. The molecule has 0 saturated heterocycles. The first-order valence-electron chi connectivity index (χ1n) is 7.48. The fourth-order valence-electron chi connectivity index (χ4n) is 1.94. The lowest BCUT2D eigenvalue weighted by Gasteiger charge is -2.24. The van der Waals surface area contributed by atoms with Crippen molar-refractivity contribution in [3.05, 3.63) is 0 Å². The number of rotatable bonds is 7. The third-order valence-corrected chi connectivity index (χ3v) is 3.16. The summed E-state index contributed by atoms with van der Waals surface area (Å²) in [7, 11) is 0. The monoisotopic (exact) mass is 270 g/mol. The Morgan fingerprint density at radius 3 is 2.42 bits per heavy atom. The quantitative estimate of drug-likeness (QED) is 0.699. The third kappa shape index (κ3) is 8.09. The Labute approximate surface area is 117 Å². The zero-order chi connectivity index (χ0) is 14.5. The molecule has 0 aromatic carbocycles. The number of nitrogens with one attached hydrogen (secondary N) is 2. The first-order valence-corrected chi connectivity index (χ1v) is 7.48. The molecule has 0 spiro atoms. The Kier molecular flexibility index (Phi) is 6.11. The van der Waals surface area contributed by atoms with Crippen molar-refractivity contribution >= 4 is 6.09 Å². The van der Waals surface area contributed by atoms with E-state index in [9.17, 15) is 4.79 Å². The molecule has 0 aromatic rings. The van der Waals surface area contributed by atoms with E-state index in [0.29, 0.717) is 11.8 Å². The van der Waals surface area contributed by atoms with Gasteiger partial charge in [-0.1, -0.05) is 13.8 Å². The zero-order valence-electron chi connectivity index (χ0n) is 13.1. The summed E-state index contributed by atoms with van der Waals surface area (Å²) in [5.41, 5.74) is -0.427. The normalized spacial score (nSPS) is 17.4. The Balaban J connectivity index is 2.27. The summed E-state index contributed by atoms with van der Waals surface area (Å²) in [6.45, 7) is 12.0. The van der Waals surface area contributed by atoms with Gasteiger partial charge in [0.2, 0.25) is 0 Å². The molecule has 2 N–H and O–H groups in total. The second-order valence-electron chi connectivity index (χ2n) is 6.98. The van der Waals surface area contributed by atoms with Gasteiger partial charge in [0.15, 0.2) is 0 Å². The first kappa shape index (κ1) is 16.3. The first-order chi connectivity index (χ1) is 8.78. The van der Waals surface area contributed by atoms with Crippen molar-refractivity contribution in [1.82, 2.24) is 10.6 Å². The van der Waals surface area contributed by atoms with Gasteiger partial charge < -0.3 is 15.4 Å². The number of amides is 1. The minimum Gasteiger partial charge on any atom is -0.444 e. The van der Waals surface area contributed by atoms with Gasteiger partial charge >= 0.3 is 6.09 Å². The lowest BCUT2D eigenvalue weighted by Crippen LogP contribution is -2.45. The number of hydrogen-bond donors (Lipinski definition) is 2. The molecule has 1 fully saturated rings. The summed E-state index contributed by atoms with van der Waals surface area (Å²) >= 11 is 0. The van der Waals surface area contributed by atoms with Crippen LogP contribution in [0.5, 0.6) is 0 Å². The number of carbonyl (C=O) groups is 1. The third-order valence-electron chi connectivity index (χ3n) is 3.16. The van der Waals surface area contributed by atoms with Crippen LogP contribution in [0, 0.1) is 11.8 Å². The predicted molar refractivity (Wildman–Crippen MR) is 78.2 cm³/mol. The van der Waals surface area contributed by atoms with Gasteiger partial charge in [-0.3, -0.25) is 0 Å². The topological polar surface area (TPSA) is 50.4 Å². The summed E-state index contributed by atoms with van der Waals surface area (Å²) in [4.78, 5) is 11.8. The molecule has 1 aliphatic carbocycles. The second kappa shape index (κ2) is 7.13. The maximum absolute atomic E-state index is 11.8. The van der Waals surface area contributed by atoms with Crippen molar-refractivity contribution in [2.45, 2.75) is 65.5 Å². The van der Waals surface area contributed by atoms with Crippen molar-refractivity contribution in [2.75, 3.05) is 13.1 Å². The highest BCUT2D eigenvalue weighted by Crippen LogP contribution is 2.32. The molecule has 1 saturated carbocycles. The van der Waals surface area contributed by atoms with Gasteiger partial charge in [-0.05, 0) is 58.4 Å². The van der Waals surface area contributed by atoms with Crippen molar-refractivity contribution < 1.29 is 9.53 Å². The molecule has 1 amide bonds. The molecule has 19 heavy (non-hydrogen) atoms. The maximum Gasteiger partial charge on any atom is 0.407 e. The van der Waals surface area contributed by atoms with Gasteiger partial charge in [0.25, 0.3) is 0 Å². The second-order valence-corrected chi connectivity index (χ2v) is 6.98. The van der Waals surface area contributed by atoms with Crippen LogP contribution < -0.4 is 10.6 Å². The molecule has 1 rings (SSSR count). The van der Waals surface area contributed by atoms with E-state index in [-0.39, 0.29) is 12.1 Å². The summed E-state index contributed by atoms with van der Waals surface area (Å²) in [6, 6.07) is 0.210. The van der Waals surface area contributed by atoms with E-state index in [2.05, 4.69) is 24.5 Å². The average molecular weight is 270 g/mol. The van der Waals surface area contributed by atoms with E-state index in [1.54, 1.807) is 0 Å². The predicted octanol–water partition coefficient (Wildman–Crippen LogP) is 2.93. The zero-order valence-corrected chi connectivity index (χ0v) is 13.1. The highest BCUT2D eigenvalue weighted by molar-refractivity contribution is 5.68. The molecule has 1 atom stereocenters. The average Bonchev–Trinajstić information content (AvgIpc) is 3.02. The standard InChI is InChI=1S/C15H30N2O2/c1-11(2)8-9-16-10-13(12-6-7-12)17-14(18)19-15(3,4)5/h11-13,16H,6-10H2,1-5H3,(H,17,18). The van der Waals surface area contributed by atoms with Crippen molar-refractivity contribution in [3.8, 4) is 0 Å². The molecule has 1 unspecified atom stereocenters. The molecular formula is C15H30N2O2. The molecular weight excluding hydrogens is 240 g/mol. The van der Waals surface area contributed by atoms with Crippen LogP contribution in [0.15, 0.2) is 0 Å². The van der Waals surface area contributed by atoms with Crippen LogP contribution in [0.25, 0.3) is 0 Å². The van der Waals surface area contributed by atoms with E-state index in [1.165, 1.54) is 19.3 Å². The molecule has 0 radical (unpaired) electrons. The molecule has 0 aromatic heterocycles. The summed E-state index contributed by atoms with van der Waals surface area (Å²) < 4.78 is 5.31. The summed E-state index contributed by atoms with van der Waals surface area (Å²) in [6.07, 6.45) is 3.30. The minimum absolute atomic E-state index is 0.210. The van der Waals surface area contributed by atoms with Crippen LogP contribution in [-0.2, 0) is 4.74 Å². The van der Waals surface area contributed by atoms with Crippen LogP contribution in [0.4, 0.5) is 4.79 Å². The van der Waals surface area contributed by atoms with Crippen molar-refractivity contribution in [3.63, 3.8) is 0 Å². The molecule has 0 bridgehead atoms. The van der Waals surface area contributed by atoms with Crippen LogP contribution in [0.2, 0.25) is 0 Å². The largest absolute Gasteiger partial charge is 0.444 e. The van der Waals surface area contributed by atoms with Gasteiger partial charge in [0.05, 0.1) is 0 Å². The SMILES string of the molecule is CC(C)CCNCC(NC(=O)OC(C)(C)C)C1CC1. The molecule has 4 nitrogen and oxygen atoms in total. The molecule has 1 aliphatic rings. The smallest absolute Gasteiger partial charge is 0.407 e. The number of alkyl carbamates (subject to hydrolysis) is 1. The van der Waals surface area contributed by atoms with Gasteiger partial charge in [0.1, 0.15) is 5.60 Å².